The van der Waals surface area contributed by atoms with Crippen molar-refractivity contribution in [2.45, 2.75) is 12.8 Å². The van der Waals surface area contributed by atoms with Gasteiger partial charge in [-0.25, -0.2) is 8.78 Å². The highest BCUT2D eigenvalue weighted by molar-refractivity contribution is 5.89. The van der Waals surface area contributed by atoms with E-state index in [-0.39, 0.29) is 19.1 Å². The van der Waals surface area contributed by atoms with E-state index in [1.165, 1.54) is 0 Å². The van der Waals surface area contributed by atoms with E-state index in [4.69, 9.17) is 5.11 Å². The maximum absolute atomic E-state index is 11.6. The second-order valence-electron chi connectivity index (χ2n) is 3.54. The van der Waals surface area contributed by atoms with Crippen LogP contribution in [-0.4, -0.2) is 43.2 Å². The molecule has 2 N–H and O–H groups in total. The first-order valence-electron chi connectivity index (χ1n) is 4.88. The fraction of sp³-hybridized carbons (Fsp3) is 0.778. The smallest absolute Gasteiger partial charge is 0.307 e. The molecule has 0 unspecified atom stereocenters. The lowest BCUT2D eigenvalue weighted by atomic mass is 10.3. The van der Waals surface area contributed by atoms with E-state index in [1.807, 2.05) is 0 Å². The number of carboxylic acid groups (broad SMARTS) is 1. The first-order chi connectivity index (χ1) is 7.52. The van der Waals surface area contributed by atoms with Crippen molar-refractivity contribution in [3.63, 3.8) is 0 Å². The normalized spacial score (nSPS) is 23.2. The van der Waals surface area contributed by atoms with Crippen LogP contribution in [0.25, 0.3) is 0 Å². The maximum Gasteiger partial charge on any atom is 0.307 e. The second-order valence-corrected chi connectivity index (χ2v) is 3.54. The summed E-state index contributed by atoms with van der Waals surface area (Å²) < 4.78 is 27.8. The van der Waals surface area contributed by atoms with Crippen LogP contribution in [0, 0.1) is 11.8 Å². The monoisotopic (exact) mass is 237 g/mol. The number of amides is 1. The fourth-order valence-corrected chi connectivity index (χ4v) is 1.31. The molecule has 0 saturated heterocycles. The Labute approximate surface area is 90.8 Å². The summed E-state index contributed by atoms with van der Waals surface area (Å²) in [7, 11) is 0. The standard InChI is InChI=1S/C9H13F2NO4/c10-7(11)4-16-2-1-12-8(13)5-3-6(5)9(14)15/h5-7H,1-4H2,(H,12,13)(H,14,15)/t5-,6+/m1/s1. The molecular weight excluding hydrogens is 224 g/mol. The molecular formula is C9H13F2NO4. The Morgan fingerprint density at radius 2 is 2.12 bits per heavy atom. The van der Waals surface area contributed by atoms with Gasteiger partial charge in [-0.15, -0.1) is 0 Å². The predicted octanol–water partition coefficient (Wildman–Crippen LogP) is 0.105. The molecule has 0 heterocycles. The molecule has 1 saturated carbocycles. The summed E-state index contributed by atoms with van der Waals surface area (Å²) >= 11 is 0. The van der Waals surface area contributed by atoms with Crippen LogP contribution in [0.5, 0.6) is 0 Å². The molecule has 0 radical (unpaired) electrons. The minimum absolute atomic E-state index is 0.000534. The third-order valence-corrected chi connectivity index (χ3v) is 2.23. The topological polar surface area (TPSA) is 75.6 Å². The van der Waals surface area contributed by atoms with Gasteiger partial charge in [0.1, 0.15) is 6.61 Å². The summed E-state index contributed by atoms with van der Waals surface area (Å²) in [6, 6.07) is 0. The van der Waals surface area contributed by atoms with Gasteiger partial charge in [0.2, 0.25) is 5.91 Å². The van der Waals surface area contributed by atoms with E-state index in [1.54, 1.807) is 0 Å². The van der Waals surface area contributed by atoms with E-state index in [0.717, 1.165) is 0 Å². The Bertz CT molecular complexity index is 272. The molecule has 5 nitrogen and oxygen atoms in total. The predicted molar refractivity (Wildman–Crippen MR) is 49.1 cm³/mol. The van der Waals surface area contributed by atoms with Crippen molar-refractivity contribution < 1.29 is 28.2 Å². The average Bonchev–Trinajstić information content (AvgIpc) is 2.95. The van der Waals surface area contributed by atoms with Crippen LogP contribution in [0.1, 0.15) is 6.42 Å². The van der Waals surface area contributed by atoms with Crippen molar-refractivity contribution >= 4 is 11.9 Å². The molecule has 16 heavy (non-hydrogen) atoms. The van der Waals surface area contributed by atoms with E-state index in [9.17, 15) is 18.4 Å². The summed E-state index contributed by atoms with van der Waals surface area (Å²) in [6.45, 7) is -0.536. The zero-order valence-corrected chi connectivity index (χ0v) is 8.49. The second kappa shape index (κ2) is 5.74. The fourth-order valence-electron chi connectivity index (χ4n) is 1.31. The number of alkyl halides is 2. The third kappa shape index (κ3) is 4.09. The van der Waals surface area contributed by atoms with Crippen molar-refractivity contribution in [1.29, 1.82) is 0 Å². The summed E-state index contributed by atoms with van der Waals surface area (Å²) in [6.07, 6.45) is -2.17. The van der Waals surface area contributed by atoms with Crippen molar-refractivity contribution in [3.05, 3.63) is 0 Å². The number of carboxylic acids is 1. The number of nitrogens with one attached hydrogen (secondary N) is 1. The van der Waals surface area contributed by atoms with Crippen LogP contribution in [0.15, 0.2) is 0 Å². The zero-order valence-electron chi connectivity index (χ0n) is 8.49. The average molecular weight is 237 g/mol. The van der Waals surface area contributed by atoms with Crippen LogP contribution in [-0.2, 0) is 14.3 Å². The molecule has 1 aliphatic carbocycles. The zero-order chi connectivity index (χ0) is 12.1. The van der Waals surface area contributed by atoms with Crippen molar-refractivity contribution in [3.8, 4) is 0 Å². The van der Waals surface area contributed by atoms with E-state index < -0.39 is 30.8 Å². The lowest BCUT2D eigenvalue weighted by molar-refractivity contribution is -0.140. The van der Waals surface area contributed by atoms with Crippen LogP contribution in [0.4, 0.5) is 8.78 Å². The molecule has 2 atom stereocenters. The molecule has 0 aromatic carbocycles. The van der Waals surface area contributed by atoms with Crippen molar-refractivity contribution in [1.82, 2.24) is 5.32 Å². The lowest BCUT2D eigenvalue weighted by Crippen LogP contribution is -2.30. The van der Waals surface area contributed by atoms with Gasteiger partial charge in [-0.05, 0) is 6.42 Å². The molecule has 7 heteroatoms. The number of carbonyl (C=O) groups excluding carboxylic acids is 1. The molecule has 0 spiro atoms. The van der Waals surface area contributed by atoms with Gasteiger partial charge in [0.25, 0.3) is 6.43 Å². The minimum atomic E-state index is -2.52. The molecule has 1 fully saturated rings. The van der Waals surface area contributed by atoms with Gasteiger partial charge < -0.3 is 15.2 Å². The first-order valence-corrected chi connectivity index (χ1v) is 4.88. The number of carbonyl (C=O) groups is 2. The van der Waals surface area contributed by atoms with Gasteiger partial charge in [0.05, 0.1) is 18.4 Å². The summed E-state index contributed by atoms with van der Waals surface area (Å²) in [4.78, 5) is 21.7. The first kappa shape index (κ1) is 12.8. The molecule has 1 amide bonds. The van der Waals surface area contributed by atoms with Crippen LogP contribution >= 0.6 is 0 Å². The number of aliphatic carboxylic acids is 1. The molecule has 0 aliphatic heterocycles. The number of rotatable bonds is 7. The molecule has 0 bridgehead atoms. The highest BCUT2D eigenvalue weighted by Crippen LogP contribution is 2.38. The van der Waals surface area contributed by atoms with Gasteiger partial charge in [0, 0.05) is 6.54 Å². The largest absolute Gasteiger partial charge is 0.481 e. The highest BCUT2D eigenvalue weighted by atomic mass is 19.3. The lowest BCUT2D eigenvalue weighted by Gasteiger charge is -2.05. The van der Waals surface area contributed by atoms with Gasteiger partial charge >= 0.3 is 5.97 Å². The van der Waals surface area contributed by atoms with Gasteiger partial charge in [-0.1, -0.05) is 0 Å². The van der Waals surface area contributed by atoms with Gasteiger partial charge in [-0.3, -0.25) is 9.59 Å². The number of ether oxygens (including phenoxy) is 1. The van der Waals surface area contributed by atoms with Gasteiger partial charge in [-0.2, -0.15) is 0 Å². The molecule has 0 aromatic rings. The van der Waals surface area contributed by atoms with Gasteiger partial charge in [0.15, 0.2) is 0 Å². The Hall–Kier alpha value is -1.24. The maximum atomic E-state index is 11.6. The number of hydrogen-bond donors (Lipinski definition) is 2. The van der Waals surface area contributed by atoms with Crippen LogP contribution in [0.2, 0.25) is 0 Å². The number of hydrogen-bond acceptors (Lipinski definition) is 3. The Morgan fingerprint density at radius 1 is 1.44 bits per heavy atom. The Morgan fingerprint density at radius 3 is 2.62 bits per heavy atom. The Kier molecular flexibility index (Phi) is 4.60. The minimum Gasteiger partial charge on any atom is -0.481 e. The third-order valence-electron chi connectivity index (χ3n) is 2.23. The van der Waals surface area contributed by atoms with Crippen molar-refractivity contribution in [2.75, 3.05) is 19.8 Å². The molecule has 0 aromatic heterocycles. The van der Waals surface area contributed by atoms with E-state index in [0.29, 0.717) is 6.42 Å². The quantitative estimate of drug-likeness (QED) is 0.616. The summed E-state index contributed by atoms with van der Waals surface area (Å²) in [5.41, 5.74) is 0. The van der Waals surface area contributed by atoms with E-state index >= 15 is 0 Å². The summed E-state index contributed by atoms with van der Waals surface area (Å²) in [5, 5.41) is 11.0. The number of halogens is 2. The SMILES string of the molecule is O=C(O)[C@H]1C[C@H]1C(=O)NCCOCC(F)F. The highest BCUT2D eigenvalue weighted by Gasteiger charge is 2.48. The molecule has 92 valence electrons. The van der Waals surface area contributed by atoms with Crippen LogP contribution in [0.3, 0.4) is 0 Å². The molecule has 1 rings (SSSR count). The summed E-state index contributed by atoms with van der Waals surface area (Å²) in [5.74, 6) is -2.41. The van der Waals surface area contributed by atoms with Crippen LogP contribution < -0.4 is 5.32 Å². The Balaban J connectivity index is 2.02. The van der Waals surface area contributed by atoms with E-state index in [2.05, 4.69) is 10.1 Å². The van der Waals surface area contributed by atoms with Crippen molar-refractivity contribution in [2.24, 2.45) is 11.8 Å². The molecule has 1 aliphatic rings.